The summed E-state index contributed by atoms with van der Waals surface area (Å²) in [6, 6.07) is 10.9. The van der Waals surface area contributed by atoms with E-state index in [1.807, 2.05) is 0 Å². The fourth-order valence-corrected chi connectivity index (χ4v) is 2.91. The van der Waals surface area contributed by atoms with E-state index in [4.69, 9.17) is 17.3 Å². The maximum absolute atomic E-state index is 12.1. The Morgan fingerprint density at radius 3 is 2.32 bits per heavy atom. The highest BCUT2D eigenvalue weighted by atomic mass is 79.9. The van der Waals surface area contributed by atoms with Gasteiger partial charge in [-0.05, 0) is 42.5 Å². The summed E-state index contributed by atoms with van der Waals surface area (Å²) >= 11 is 9.09. The van der Waals surface area contributed by atoms with E-state index >= 15 is 0 Å². The Bertz CT molecular complexity index is 702. The molecule has 4 nitrogen and oxygen atoms in total. The first-order chi connectivity index (χ1) is 8.88. The van der Waals surface area contributed by atoms with Gasteiger partial charge in [-0.2, -0.15) is 0 Å². The third-order valence-corrected chi connectivity index (χ3v) is 4.63. The summed E-state index contributed by atoms with van der Waals surface area (Å²) in [6.45, 7) is 0. The number of anilines is 2. The van der Waals surface area contributed by atoms with Crippen LogP contribution in [0.2, 0.25) is 5.02 Å². The van der Waals surface area contributed by atoms with Crippen LogP contribution in [0.1, 0.15) is 0 Å². The monoisotopic (exact) mass is 360 g/mol. The Kier molecular flexibility index (Phi) is 4.03. The van der Waals surface area contributed by atoms with Crippen molar-refractivity contribution < 1.29 is 8.42 Å². The minimum Gasteiger partial charge on any atom is -0.398 e. The third-order valence-electron chi connectivity index (χ3n) is 2.38. The average Bonchev–Trinajstić information content (AvgIpc) is 2.34. The second-order valence-corrected chi connectivity index (χ2v) is 6.80. The zero-order chi connectivity index (χ0) is 14.0. The van der Waals surface area contributed by atoms with Crippen molar-refractivity contribution in [2.75, 3.05) is 10.5 Å². The van der Waals surface area contributed by atoms with E-state index in [1.54, 1.807) is 24.3 Å². The molecule has 0 saturated carbocycles. The molecule has 0 aromatic heterocycles. The zero-order valence-corrected chi connectivity index (χ0v) is 12.8. The second kappa shape index (κ2) is 5.40. The topological polar surface area (TPSA) is 72.2 Å². The Morgan fingerprint density at radius 2 is 1.74 bits per heavy atom. The lowest BCUT2D eigenvalue weighted by Gasteiger charge is -2.09. The molecule has 2 rings (SSSR count). The Balaban J connectivity index is 2.30. The van der Waals surface area contributed by atoms with Crippen LogP contribution in [0.15, 0.2) is 51.8 Å². The highest BCUT2D eigenvalue weighted by Gasteiger charge is 2.14. The SMILES string of the molecule is Nc1ccc(NS(=O)(=O)c2ccc(Br)cc2)cc1Cl. The van der Waals surface area contributed by atoms with Crippen LogP contribution in [0.5, 0.6) is 0 Å². The van der Waals surface area contributed by atoms with Gasteiger partial charge < -0.3 is 5.73 Å². The van der Waals surface area contributed by atoms with Crippen LogP contribution in [-0.2, 0) is 10.0 Å². The van der Waals surface area contributed by atoms with E-state index in [0.717, 1.165) is 4.47 Å². The zero-order valence-electron chi connectivity index (χ0n) is 9.60. The summed E-state index contributed by atoms with van der Waals surface area (Å²) in [5, 5.41) is 0.302. The van der Waals surface area contributed by atoms with E-state index in [2.05, 4.69) is 20.7 Å². The molecule has 0 atom stereocenters. The number of halogens is 2. The lowest BCUT2D eigenvalue weighted by atomic mass is 10.3. The second-order valence-electron chi connectivity index (χ2n) is 3.80. The largest absolute Gasteiger partial charge is 0.398 e. The predicted molar refractivity (Wildman–Crippen MR) is 80.8 cm³/mol. The van der Waals surface area contributed by atoms with E-state index in [-0.39, 0.29) is 4.90 Å². The van der Waals surface area contributed by atoms with Gasteiger partial charge in [0.2, 0.25) is 0 Å². The molecule has 0 aliphatic heterocycles. The fourth-order valence-electron chi connectivity index (χ4n) is 1.42. The van der Waals surface area contributed by atoms with E-state index in [9.17, 15) is 8.42 Å². The smallest absolute Gasteiger partial charge is 0.261 e. The number of nitrogens with two attached hydrogens (primary N) is 1. The molecular formula is C12H10BrClN2O2S. The minimum absolute atomic E-state index is 0.170. The molecule has 0 unspecified atom stereocenters. The molecule has 7 heteroatoms. The molecule has 0 amide bonds. The van der Waals surface area contributed by atoms with Crippen LogP contribution in [0.3, 0.4) is 0 Å². The molecule has 0 aliphatic carbocycles. The minimum atomic E-state index is -3.63. The maximum atomic E-state index is 12.1. The first-order valence-corrected chi connectivity index (χ1v) is 7.87. The molecule has 0 saturated heterocycles. The van der Waals surface area contributed by atoms with Crippen molar-refractivity contribution in [2.45, 2.75) is 4.90 Å². The fraction of sp³-hybridized carbons (Fsp3) is 0. The molecule has 0 fully saturated rings. The van der Waals surface area contributed by atoms with Crippen molar-refractivity contribution in [1.29, 1.82) is 0 Å². The lowest BCUT2D eigenvalue weighted by molar-refractivity contribution is 0.601. The van der Waals surface area contributed by atoms with Crippen molar-refractivity contribution in [1.82, 2.24) is 0 Å². The third kappa shape index (κ3) is 3.40. The van der Waals surface area contributed by atoms with Crippen molar-refractivity contribution in [3.63, 3.8) is 0 Å². The van der Waals surface area contributed by atoms with Crippen LogP contribution in [0.4, 0.5) is 11.4 Å². The Hall–Kier alpha value is -1.24. The van der Waals surface area contributed by atoms with Crippen molar-refractivity contribution in [3.8, 4) is 0 Å². The highest BCUT2D eigenvalue weighted by molar-refractivity contribution is 9.10. The van der Waals surface area contributed by atoms with Gasteiger partial charge in [0.05, 0.1) is 21.3 Å². The summed E-state index contributed by atoms with van der Waals surface area (Å²) in [4.78, 5) is 0.170. The predicted octanol–water partition coefficient (Wildman–Crippen LogP) is 3.49. The van der Waals surface area contributed by atoms with Crippen LogP contribution in [-0.4, -0.2) is 8.42 Å². The number of sulfonamides is 1. The standard InChI is InChI=1S/C12H10BrClN2O2S/c13-8-1-4-10(5-2-8)19(17,18)16-9-3-6-12(15)11(14)7-9/h1-7,16H,15H2. The molecule has 0 aliphatic rings. The number of rotatable bonds is 3. The molecule has 0 heterocycles. The highest BCUT2D eigenvalue weighted by Crippen LogP contribution is 2.25. The van der Waals surface area contributed by atoms with Gasteiger partial charge in [0.25, 0.3) is 10.0 Å². The average molecular weight is 362 g/mol. The van der Waals surface area contributed by atoms with E-state index in [0.29, 0.717) is 16.4 Å². The van der Waals surface area contributed by atoms with E-state index in [1.165, 1.54) is 18.2 Å². The first kappa shape index (κ1) is 14.2. The molecule has 0 radical (unpaired) electrons. The van der Waals surface area contributed by atoms with Gasteiger partial charge in [-0.15, -0.1) is 0 Å². The number of hydrogen-bond acceptors (Lipinski definition) is 3. The normalized spacial score (nSPS) is 11.3. The van der Waals surface area contributed by atoms with Gasteiger partial charge in [0.15, 0.2) is 0 Å². The number of benzene rings is 2. The molecule has 2 aromatic rings. The molecule has 100 valence electrons. The van der Waals surface area contributed by atoms with Crippen molar-refractivity contribution in [3.05, 3.63) is 52.0 Å². The first-order valence-electron chi connectivity index (χ1n) is 5.22. The van der Waals surface area contributed by atoms with Crippen LogP contribution in [0, 0.1) is 0 Å². The van der Waals surface area contributed by atoms with Gasteiger partial charge in [0.1, 0.15) is 0 Å². The molecule has 2 aromatic carbocycles. The lowest BCUT2D eigenvalue weighted by Crippen LogP contribution is -2.12. The summed E-state index contributed by atoms with van der Waals surface area (Å²) in [7, 11) is -3.63. The van der Waals surface area contributed by atoms with Gasteiger partial charge in [0, 0.05) is 4.47 Å². The molecule has 19 heavy (non-hydrogen) atoms. The van der Waals surface area contributed by atoms with Gasteiger partial charge >= 0.3 is 0 Å². The number of hydrogen-bond donors (Lipinski definition) is 2. The summed E-state index contributed by atoms with van der Waals surface area (Å²) in [6.07, 6.45) is 0. The van der Waals surface area contributed by atoms with Crippen LogP contribution in [0.25, 0.3) is 0 Å². The van der Waals surface area contributed by atoms with Crippen LogP contribution >= 0.6 is 27.5 Å². The van der Waals surface area contributed by atoms with Crippen molar-refractivity contribution >= 4 is 48.9 Å². The molecular weight excluding hydrogens is 352 g/mol. The number of nitrogen functional groups attached to an aromatic ring is 1. The Labute approximate surface area is 124 Å². The van der Waals surface area contributed by atoms with Crippen LogP contribution < -0.4 is 10.5 Å². The van der Waals surface area contributed by atoms with Gasteiger partial charge in [-0.25, -0.2) is 8.42 Å². The Morgan fingerprint density at radius 1 is 1.11 bits per heavy atom. The quantitative estimate of drug-likeness (QED) is 0.822. The van der Waals surface area contributed by atoms with Gasteiger partial charge in [-0.1, -0.05) is 27.5 Å². The summed E-state index contributed by atoms with van der Waals surface area (Å²) in [5.74, 6) is 0. The molecule has 0 spiro atoms. The van der Waals surface area contributed by atoms with E-state index < -0.39 is 10.0 Å². The summed E-state index contributed by atoms with van der Waals surface area (Å²) in [5.41, 5.74) is 6.33. The van der Waals surface area contributed by atoms with Crippen molar-refractivity contribution in [2.24, 2.45) is 0 Å². The number of nitrogens with one attached hydrogen (secondary N) is 1. The van der Waals surface area contributed by atoms with Gasteiger partial charge in [-0.3, -0.25) is 4.72 Å². The summed E-state index contributed by atoms with van der Waals surface area (Å²) < 4.78 is 27.5. The molecule has 0 bridgehead atoms. The molecule has 3 N–H and O–H groups in total. The maximum Gasteiger partial charge on any atom is 0.261 e.